The SMILES string of the molecule is Cc1ccn(Cc2cscn2)c(=O)n1. The van der Waals surface area contributed by atoms with E-state index in [2.05, 4.69) is 9.97 Å². The Balaban J connectivity index is 2.30. The summed E-state index contributed by atoms with van der Waals surface area (Å²) in [6.07, 6.45) is 1.74. The summed E-state index contributed by atoms with van der Waals surface area (Å²) in [7, 11) is 0. The molecular formula is C9H9N3OS. The highest BCUT2D eigenvalue weighted by Crippen LogP contribution is 2.01. The van der Waals surface area contributed by atoms with E-state index in [1.165, 1.54) is 11.3 Å². The number of aryl methyl sites for hydroxylation is 1. The van der Waals surface area contributed by atoms with Gasteiger partial charge in [0.15, 0.2) is 0 Å². The molecule has 72 valence electrons. The van der Waals surface area contributed by atoms with Crippen LogP contribution in [0.3, 0.4) is 0 Å². The molecule has 2 aromatic rings. The van der Waals surface area contributed by atoms with Crippen molar-refractivity contribution >= 4 is 11.3 Å². The molecule has 2 heterocycles. The summed E-state index contributed by atoms with van der Waals surface area (Å²) in [5, 5.41) is 1.92. The lowest BCUT2D eigenvalue weighted by molar-refractivity contribution is 0.709. The molecule has 0 N–H and O–H groups in total. The van der Waals surface area contributed by atoms with Gasteiger partial charge in [-0.15, -0.1) is 11.3 Å². The average molecular weight is 207 g/mol. The minimum absolute atomic E-state index is 0.224. The first kappa shape index (κ1) is 9.08. The molecule has 2 aromatic heterocycles. The number of thiazole rings is 1. The Morgan fingerprint density at radius 1 is 1.57 bits per heavy atom. The van der Waals surface area contributed by atoms with Crippen molar-refractivity contribution in [2.45, 2.75) is 13.5 Å². The zero-order valence-corrected chi connectivity index (χ0v) is 8.49. The first-order chi connectivity index (χ1) is 6.75. The summed E-state index contributed by atoms with van der Waals surface area (Å²) in [6.45, 7) is 2.30. The van der Waals surface area contributed by atoms with Crippen LogP contribution in [0, 0.1) is 6.92 Å². The highest BCUT2D eigenvalue weighted by atomic mass is 32.1. The molecule has 0 unspecified atom stereocenters. The number of aromatic nitrogens is 3. The van der Waals surface area contributed by atoms with Gasteiger partial charge in [-0.3, -0.25) is 4.57 Å². The summed E-state index contributed by atoms with van der Waals surface area (Å²) in [5.41, 5.74) is 3.16. The van der Waals surface area contributed by atoms with Gasteiger partial charge < -0.3 is 0 Å². The Bertz CT molecular complexity index is 475. The van der Waals surface area contributed by atoms with E-state index < -0.39 is 0 Å². The van der Waals surface area contributed by atoms with Gasteiger partial charge in [-0.2, -0.15) is 4.98 Å². The average Bonchev–Trinajstić information content (AvgIpc) is 2.62. The molecule has 0 fully saturated rings. The molecular weight excluding hydrogens is 198 g/mol. The maximum absolute atomic E-state index is 11.4. The zero-order valence-electron chi connectivity index (χ0n) is 7.67. The summed E-state index contributed by atoms with van der Waals surface area (Å²) in [4.78, 5) is 19.3. The van der Waals surface area contributed by atoms with Crippen LogP contribution in [-0.4, -0.2) is 14.5 Å². The Hall–Kier alpha value is -1.49. The van der Waals surface area contributed by atoms with Crippen molar-refractivity contribution < 1.29 is 0 Å². The molecule has 2 rings (SSSR count). The summed E-state index contributed by atoms with van der Waals surface area (Å²) in [5.74, 6) is 0. The van der Waals surface area contributed by atoms with E-state index in [-0.39, 0.29) is 5.69 Å². The molecule has 0 radical (unpaired) electrons. The van der Waals surface area contributed by atoms with Crippen molar-refractivity contribution in [3.8, 4) is 0 Å². The minimum Gasteiger partial charge on any atom is -0.293 e. The summed E-state index contributed by atoms with van der Waals surface area (Å²) in [6, 6.07) is 1.81. The van der Waals surface area contributed by atoms with E-state index >= 15 is 0 Å². The van der Waals surface area contributed by atoms with Crippen LogP contribution in [0.15, 0.2) is 27.9 Å². The molecule has 0 atom stereocenters. The van der Waals surface area contributed by atoms with Crippen molar-refractivity contribution in [1.29, 1.82) is 0 Å². The van der Waals surface area contributed by atoms with E-state index in [0.717, 1.165) is 11.4 Å². The third kappa shape index (κ3) is 1.88. The van der Waals surface area contributed by atoms with Crippen LogP contribution in [0.5, 0.6) is 0 Å². The van der Waals surface area contributed by atoms with Crippen molar-refractivity contribution in [1.82, 2.24) is 14.5 Å². The molecule has 0 spiro atoms. The highest BCUT2D eigenvalue weighted by molar-refractivity contribution is 7.07. The molecule has 0 bridgehead atoms. The Morgan fingerprint density at radius 2 is 2.43 bits per heavy atom. The molecule has 0 saturated carbocycles. The molecule has 4 nitrogen and oxygen atoms in total. The molecule has 14 heavy (non-hydrogen) atoms. The van der Waals surface area contributed by atoms with Crippen LogP contribution in [0.25, 0.3) is 0 Å². The van der Waals surface area contributed by atoms with E-state index in [9.17, 15) is 4.79 Å². The standard InChI is InChI=1S/C9H9N3OS/c1-7-2-3-12(9(13)11-7)4-8-5-14-6-10-8/h2-3,5-6H,4H2,1H3. The number of rotatable bonds is 2. The second-order valence-corrected chi connectivity index (χ2v) is 3.68. The summed E-state index contributed by atoms with van der Waals surface area (Å²) >= 11 is 1.52. The van der Waals surface area contributed by atoms with Crippen LogP contribution in [0.1, 0.15) is 11.4 Å². The van der Waals surface area contributed by atoms with Crippen molar-refractivity contribution in [3.63, 3.8) is 0 Å². The Labute approximate surface area is 84.9 Å². The molecule has 0 amide bonds. The van der Waals surface area contributed by atoms with Gasteiger partial charge in [-0.1, -0.05) is 0 Å². The van der Waals surface area contributed by atoms with E-state index in [1.807, 2.05) is 11.4 Å². The summed E-state index contributed by atoms with van der Waals surface area (Å²) < 4.78 is 1.54. The fraction of sp³-hybridized carbons (Fsp3) is 0.222. The fourth-order valence-corrected chi connectivity index (χ4v) is 1.67. The molecule has 5 heteroatoms. The normalized spacial score (nSPS) is 10.4. The van der Waals surface area contributed by atoms with Crippen molar-refractivity contribution in [3.05, 3.63) is 45.0 Å². The van der Waals surface area contributed by atoms with Gasteiger partial charge >= 0.3 is 5.69 Å². The first-order valence-electron chi connectivity index (χ1n) is 4.17. The monoisotopic (exact) mass is 207 g/mol. The van der Waals surface area contributed by atoms with Gasteiger partial charge in [0.2, 0.25) is 0 Å². The predicted octanol–water partition coefficient (Wildman–Crippen LogP) is 1.06. The third-order valence-electron chi connectivity index (χ3n) is 1.83. The lowest BCUT2D eigenvalue weighted by atomic mass is 10.4. The number of hydrogen-bond acceptors (Lipinski definition) is 4. The molecule has 0 aliphatic heterocycles. The first-order valence-corrected chi connectivity index (χ1v) is 5.11. The minimum atomic E-state index is -0.224. The Morgan fingerprint density at radius 3 is 3.07 bits per heavy atom. The quantitative estimate of drug-likeness (QED) is 0.739. The smallest absolute Gasteiger partial charge is 0.293 e. The van der Waals surface area contributed by atoms with Gasteiger partial charge in [0.25, 0.3) is 0 Å². The van der Waals surface area contributed by atoms with Crippen LogP contribution >= 0.6 is 11.3 Å². The van der Waals surface area contributed by atoms with Crippen LogP contribution in [0.4, 0.5) is 0 Å². The maximum Gasteiger partial charge on any atom is 0.348 e. The highest BCUT2D eigenvalue weighted by Gasteiger charge is 1.99. The molecule has 0 aliphatic carbocycles. The zero-order chi connectivity index (χ0) is 9.97. The van der Waals surface area contributed by atoms with Crippen molar-refractivity contribution in [2.24, 2.45) is 0 Å². The lowest BCUT2D eigenvalue weighted by Crippen LogP contribution is -2.23. The van der Waals surface area contributed by atoms with E-state index in [4.69, 9.17) is 0 Å². The predicted molar refractivity (Wildman–Crippen MR) is 54.5 cm³/mol. The number of hydrogen-bond donors (Lipinski definition) is 0. The fourth-order valence-electron chi connectivity index (χ4n) is 1.12. The largest absolute Gasteiger partial charge is 0.348 e. The third-order valence-corrected chi connectivity index (χ3v) is 2.46. The Kier molecular flexibility index (Phi) is 2.41. The van der Waals surface area contributed by atoms with Gasteiger partial charge in [0.05, 0.1) is 17.7 Å². The lowest BCUT2D eigenvalue weighted by Gasteiger charge is -2.01. The topological polar surface area (TPSA) is 47.8 Å². The molecule has 0 aromatic carbocycles. The van der Waals surface area contributed by atoms with Crippen LogP contribution < -0.4 is 5.69 Å². The van der Waals surface area contributed by atoms with Crippen molar-refractivity contribution in [2.75, 3.05) is 0 Å². The second kappa shape index (κ2) is 3.71. The maximum atomic E-state index is 11.4. The van der Waals surface area contributed by atoms with Gasteiger partial charge in [-0.05, 0) is 13.0 Å². The van der Waals surface area contributed by atoms with Gasteiger partial charge in [0, 0.05) is 17.3 Å². The second-order valence-electron chi connectivity index (χ2n) is 2.96. The molecule has 0 aliphatic rings. The van der Waals surface area contributed by atoms with E-state index in [1.54, 1.807) is 23.2 Å². The van der Waals surface area contributed by atoms with E-state index in [0.29, 0.717) is 6.54 Å². The van der Waals surface area contributed by atoms with Gasteiger partial charge in [-0.25, -0.2) is 9.78 Å². The van der Waals surface area contributed by atoms with Gasteiger partial charge in [0.1, 0.15) is 0 Å². The van der Waals surface area contributed by atoms with Crippen LogP contribution in [-0.2, 0) is 6.54 Å². The molecule has 0 saturated heterocycles. The van der Waals surface area contributed by atoms with Crippen LogP contribution in [0.2, 0.25) is 0 Å². The number of nitrogens with zero attached hydrogens (tertiary/aromatic N) is 3.